The fourth-order valence-electron chi connectivity index (χ4n) is 3.29. The Kier molecular flexibility index (Phi) is 6.17. The zero-order valence-electron chi connectivity index (χ0n) is 16.9. The fraction of sp³-hybridized carbons (Fsp3) is 0.348. The number of aliphatic hydroxyl groups excluding tert-OH is 1. The molecule has 0 bridgehead atoms. The van der Waals surface area contributed by atoms with Gasteiger partial charge in [-0.05, 0) is 74.0 Å². The first-order valence-corrected chi connectivity index (χ1v) is 9.55. The number of hydrogen-bond acceptors (Lipinski definition) is 4. The van der Waals surface area contributed by atoms with Gasteiger partial charge < -0.3 is 20.1 Å². The molecule has 148 valence electrons. The van der Waals surface area contributed by atoms with E-state index in [1.165, 1.54) is 5.56 Å². The number of aryl methyl sites for hydroxylation is 4. The first-order valence-electron chi connectivity index (χ1n) is 9.55. The van der Waals surface area contributed by atoms with Crippen molar-refractivity contribution in [3.05, 3.63) is 74.6 Å². The fourth-order valence-corrected chi connectivity index (χ4v) is 3.29. The number of aromatic nitrogens is 1. The Morgan fingerprint density at radius 2 is 1.82 bits per heavy atom. The molecular formula is C23H28N2O3. The quantitative estimate of drug-likeness (QED) is 0.588. The lowest BCUT2D eigenvalue weighted by molar-refractivity contribution is 0.106. The van der Waals surface area contributed by atoms with Crippen molar-refractivity contribution in [2.24, 2.45) is 0 Å². The van der Waals surface area contributed by atoms with Crippen molar-refractivity contribution in [2.45, 2.75) is 40.3 Å². The third kappa shape index (κ3) is 4.80. The van der Waals surface area contributed by atoms with Crippen LogP contribution < -0.4 is 15.6 Å². The van der Waals surface area contributed by atoms with Crippen molar-refractivity contribution in [3.63, 3.8) is 0 Å². The van der Waals surface area contributed by atoms with E-state index < -0.39 is 6.10 Å². The first kappa shape index (κ1) is 20.1. The van der Waals surface area contributed by atoms with Gasteiger partial charge in [-0.1, -0.05) is 17.7 Å². The van der Waals surface area contributed by atoms with Gasteiger partial charge in [0.1, 0.15) is 18.5 Å². The number of aliphatic hydroxyl groups is 1. The Bertz CT molecular complexity index is 1040. The van der Waals surface area contributed by atoms with E-state index in [-0.39, 0.29) is 12.2 Å². The van der Waals surface area contributed by atoms with Gasteiger partial charge in [-0.3, -0.25) is 4.79 Å². The molecule has 0 fully saturated rings. The molecule has 0 saturated carbocycles. The summed E-state index contributed by atoms with van der Waals surface area (Å²) in [7, 11) is 0. The summed E-state index contributed by atoms with van der Waals surface area (Å²) in [6, 6.07) is 11.9. The Labute approximate surface area is 165 Å². The third-order valence-corrected chi connectivity index (χ3v) is 4.99. The molecule has 1 aromatic heterocycles. The van der Waals surface area contributed by atoms with Gasteiger partial charge >= 0.3 is 0 Å². The highest BCUT2D eigenvalue weighted by Gasteiger charge is 2.09. The molecule has 0 saturated heterocycles. The molecule has 0 radical (unpaired) electrons. The predicted octanol–water partition coefficient (Wildman–Crippen LogP) is 3.29. The van der Waals surface area contributed by atoms with Gasteiger partial charge in [0, 0.05) is 18.7 Å². The van der Waals surface area contributed by atoms with Crippen molar-refractivity contribution in [1.29, 1.82) is 0 Å². The summed E-state index contributed by atoms with van der Waals surface area (Å²) in [6.07, 6.45) is -0.661. The largest absolute Gasteiger partial charge is 0.491 e. The topological polar surface area (TPSA) is 74.4 Å². The van der Waals surface area contributed by atoms with Crippen molar-refractivity contribution in [2.75, 3.05) is 13.2 Å². The molecule has 0 aliphatic carbocycles. The van der Waals surface area contributed by atoms with Crippen LogP contribution in [0.15, 0.2) is 41.2 Å². The van der Waals surface area contributed by atoms with Crippen molar-refractivity contribution < 1.29 is 9.84 Å². The molecule has 0 aliphatic heterocycles. The van der Waals surface area contributed by atoms with E-state index in [0.29, 0.717) is 18.7 Å². The average molecular weight is 380 g/mol. The molecule has 5 heteroatoms. The van der Waals surface area contributed by atoms with Gasteiger partial charge in [0.2, 0.25) is 0 Å². The summed E-state index contributed by atoms with van der Waals surface area (Å²) in [5.74, 6) is 0.749. The maximum Gasteiger partial charge on any atom is 0.252 e. The molecule has 2 aromatic carbocycles. The van der Waals surface area contributed by atoms with E-state index in [2.05, 4.69) is 29.4 Å². The Balaban J connectivity index is 1.56. The van der Waals surface area contributed by atoms with E-state index in [4.69, 9.17) is 4.74 Å². The number of benzene rings is 2. The second kappa shape index (κ2) is 8.59. The van der Waals surface area contributed by atoms with Crippen LogP contribution in [0.3, 0.4) is 0 Å². The van der Waals surface area contributed by atoms with Gasteiger partial charge in [-0.25, -0.2) is 0 Å². The van der Waals surface area contributed by atoms with Crippen LogP contribution in [-0.2, 0) is 6.54 Å². The number of rotatable bonds is 7. The number of fused-ring (bicyclic) bond motifs is 1. The predicted molar refractivity (Wildman–Crippen MR) is 113 cm³/mol. The first-order chi connectivity index (χ1) is 13.3. The monoisotopic (exact) mass is 380 g/mol. The van der Waals surface area contributed by atoms with E-state index >= 15 is 0 Å². The zero-order chi connectivity index (χ0) is 20.3. The lowest BCUT2D eigenvalue weighted by Crippen LogP contribution is -2.32. The molecule has 1 atom stereocenters. The SMILES string of the molecule is Cc1cc(C)c2[nH]c(=O)c(CNC[C@H](O)COc3ccc(C)c(C)c3)cc2c1. The van der Waals surface area contributed by atoms with Crippen LogP contribution in [0.2, 0.25) is 0 Å². The van der Waals surface area contributed by atoms with E-state index in [0.717, 1.165) is 33.3 Å². The van der Waals surface area contributed by atoms with Crippen molar-refractivity contribution >= 4 is 10.9 Å². The standard InChI is InChI=1S/C23H28N2O3/c1-14-7-17(4)22-18(8-14)10-19(23(27)25-22)11-24-12-20(26)13-28-21-6-5-15(2)16(3)9-21/h5-10,20,24,26H,11-13H2,1-4H3,(H,25,27)/t20-/m0/s1. The average Bonchev–Trinajstić information content (AvgIpc) is 2.64. The van der Waals surface area contributed by atoms with Gasteiger partial charge in [-0.2, -0.15) is 0 Å². The summed E-state index contributed by atoms with van der Waals surface area (Å²) in [6.45, 7) is 9.05. The molecular weight excluding hydrogens is 352 g/mol. The second-order valence-electron chi connectivity index (χ2n) is 7.51. The number of ether oxygens (including phenoxy) is 1. The Hall–Kier alpha value is -2.63. The number of aromatic amines is 1. The van der Waals surface area contributed by atoms with Gasteiger partial charge in [0.05, 0.1) is 5.52 Å². The highest BCUT2D eigenvalue weighted by molar-refractivity contribution is 5.82. The van der Waals surface area contributed by atoms with Crippen LogP contribution in [0.1, 0.15) is 27.8 Å². The summed E-state index contributed by atoms with van der Waals surface area (Å²) in [4.78, 5) is 15.3. The van der Waals surface area contributed by atoms with Crippen LogP contribution >= 0.6 is 0 Å². The van der Waals surface area contributed by atoms with Crippen LogP contribution in [0.25, 0.3) is 10.9 Å². The molecule has 28 heavy (non-hydrogen) atoms. The summed E-state index contributed by atoms with van der Waals surface area (Å²) in [5.41, 5.74) is 6.01. The number of hydrogen-bond donors (Lipinski definition) is 3. The molecule has 3 N–H and O–H groups in total. The number of nitrogens with one attached hydrogen (secondary N) is 2. The molecule has 0 unspecified atom stereocenters. The minimum atomic E-state index is -0.661. The number of H-pyrrole nitrogens is 1. The normalized spacial score (nSPS) is 12.3. The summed E-state index contributed by atoms with van der Waals surface area (Å²) >= 11 is 0. The maximum absolute atomic E-state index is 12.3. The van der Waals surface area contributed by atoms with Crippen molar-refractivity contribution in [3.8, 4) is 5.75 Å². The minimum Gasteiger partial charge on any atom is -0.491 e. The van der Waals surface area contributed by atoms with E-state index in [1.54, 1.807) is 0 Å². The Morgan fingerprint density at radius 1 is 1.04 bits per heavy atom. The molecule has 1 heterocycles. The van der Waals surface area contributed by atoms with E-state index in [1.807, 2.05) is 45.0 Å². The summed E-state index contributed by atoms with van der Waals surface area (Å²) < 4.78 is 5.66. The van der Waals surface area contributed by atoms with Gasteiger partial charge in [0.15, 0.2) is 0 Å². The zero-order valence-corrected chi connectivity index (χ0v) is 16.9. The number of pyridine rings is 1. The summed E-state index contributed by atoms with van der Waals surface area (Å²) in [5, 5.41) is 14.3. The van der Waals surface area contributed by atoms with Crippen molar-refractivity contribution in [1.82, 2.24) is 10.3 Å². The van der Waals surface area contributed by atoms with E-state index in [9.17, 15) is 9.90 Å². The lowest BCUT2D eigenvalue weighted by Gasteiger charge is -2.14. The molecule has 5 nitrogen and oxygen atoms in total. The van der Waals surface area contributed by atoms with Crippen LogP contribution in [0, 0.1) is 27.7 Å². The molecule has 3 aromatic rings. The maximum atomic E-state index is 12.3. The van der Waals surface area contributed by atoms with Crippen LogP contribution in [0.5, 0.6) is 5.75 Å². The molecule has 0 amide bonds. The smallest absolute Gasteiger partial charge is 0.252 e. The molecule has 3 rings (SSSR count). The van der Waals surface area contributed by atoms with Gasteiger partial charge in [0.25, 0.3) is 5.56 Å². The van der Waals surface area contributed by atoms with Crippen LogP contribution in [-0.4, -0.2) is 29.3 Å². The Morgan fingerprint density at radius 3 is 2.57 bits per heavy atom. The third-order valence-electron chi connectivity index (χ3n) is 4.99. The minimum absolute atomic E-state index is 0.104. The molecule has 0 spiro atoms. The highest BCUT2D eigenvalue weighted by atomic mass is 16.5. The van der Waals surface area contributed by atoms with Gasteiger partial charge in [-0.15, -0.1) is 0 Å². The highest BCUT2D eigenvalue weighted by Crippen LogP contribution is 2.18. The second-order valence-corrected chi connectivity index (χ2v) is 7.51. The van der Waals surface area contributed by atoms with Crippen LogP contribution in [0.4, 0.5) is 0 Å². The molecule has 0 aliphatic rings. The lowest BCUT2D eigenvalue weighted by atomic mass is 10.1.